The van der Waals surface area contributed by atoms with Gasteiger partial charge in [-0.15, -0.1) is 0 Å². The zero-order valence-electron chi connectivity index (χ0n) is 23.3. The molecule has 8 nitrogen and oxygen atoms in total. The first-order chi connectivity index (χ1) is 17.5. The first kappa shape index (κ1) is 27.4. The minimum atomic E-state index is -1.98. The molecule has 0 atom stereocenters. The van der Waals surface area contributed by atoms with E-state index in [1.165, 1.54) is 23.8 Å². The molecule has 0 unspecified atom stereocenters. The maximum atomic E-state index is 13.7. The molecule has 0 saturated heterocycles. The Bertz CT molecular complexity index is 1330. The number of hydrogen-bond acceptors (Lipinski definition) is 5. The van der Waals surface area contributed by atoms with Gasteiger partial charge in [0.25, 0.3) is 5.56 Å². The summed E-state index contributed by atoms with van der Waals surface area (Å²) in [7, 11) is -1.98. The smallest absolute Gasteiger partial charge is 0.332 e. The van der Waals surface area contributed by atoms with Gasteiger partial charge in [-0.05, 0) is 43.5 Å². The van der Waals surface area contributed by atoms with E-state index in [2.05, 4.69) is 51.3 Å². The highest BCUT2D eigenvalue weighted by Gasteiger charge is 2.37. The molecule has 1 fully saturated rings. The predicted octanol–water partition coefficient (Wildman–Crippen LogP) is 5.19. The van der Waals surface area contributed by atoms with Gasteiger partial charge in [-0.25, -0.2) is 4.79 Å². The summed E-state index contributed by atoms with van der Waals surface area (Å²) >= 11 is 0. The Morgan fingerprint density at radius 1 is 1.03 bits per heavy atom. The lowest BCUT2D eigenvalue weighted by Gasteiger charge is -2.36. The van der Waals surface area contributed by atoms with Crippen molar-refractivity contribution in [2.45, 2.75) is 104 Å². The Kier molecular flexibility index (Phi) is 8.13. The van der Waals surface area contributed by atoms with Gasteiger partial charge in [0.05, 0.1) is 19.7 Å². The summed E-state index contributed by atoms with van der Waals surface area (Å²) in [5, 5.41) is 3.71. The molecule has 9 heteroatoms. The van der Waals surface area contributed by atoms with Gasteiger partial charge in [-0.1, -0.05) is 70.4 Å². The summed E-state index contributed by atoms with van der Waals surface area (Å²) in [6.07, 6.45) is 5.80. The van der Waals surface area contributed by atoms with Gasteiger partial charge in [0.2, 0.25) is 5.95 Å². The number of fused-ring (bicyclic) bond motifs is 1. The third kappa shape index (κ3) is 5.77. The highest BCUT2D eigenvalue weighted by atomic mass is 28.4. The molecular formula is C28H43N5O3Si. The lowest BCUT2D eigenvalue weighted by Crippen LogP contribution is -2.43. The Balaban J connectivity index is 1.81. The molecule has 1 saturated carbocycles. The number of nitrogens with one attached hydrogen (secondary N) is 1. The SMILES string of the molecule is CCn1c(=O)c2c(nc(NC3CCCCC3)n2Cc2ccccc2)n(CCO[Si](C)(C)C(C)(C)C)c1=O. The van der Waals surface area contributed by atoms with Crippen LogP contribution >= 0.6 is 0 Å². The highest BCUT2D eigenvalue weighted by Crippen LogP contribution is 2.36. The number of aromatic nitrogens is 4. The third-order valence-electron chi connectivity index (χ3n) is 8.14. The van der Waals surface area contributed by atoms with Crippen molar-refractivity contribution >= 4 is 25.4 Å². The van der Waals surface area contributed by atoms with Crippen molar-refractivity contribution in [2.24, 2.45) is 0 Å². The fourth-order valence-corrected chi connectivity index (χ4v) is 5.87. The Hall–Kier alpha value is -2.65. The van der Waals surface area contributed by atoms with Crippen molar-refractivity contribution in [2.75, 3.05) is 11.9 Å². The van der Waals surface area contributed by atoms with Crippen LogP contribution in [-0.2, 0) is 24.1 Å². The number of benzene rings is 1. The second kappa shape index (κ2) is 11.0. The van der Waals surface area contributed by atoms with E-state index in [1.54, 1.807) is 4.57 Å². The molecule has 1 N–H and O–H groups in total. The van der Waals surface area contributed by atoms with Gasteiger partial charge in [-0.3, -0.25) is 18.5 Å². The second-order valence-corrected chi connectivity index (χ2v) is 16.6. The molecule has 2 aromatic heterocycles. The quantitative estimate of drug-likeness (QED) is 0.389. The van der Waals surface area contributed by atoms with Crippen molar-refractivity contribution in [3.8, 4) is 0 Å². The largest absolute Gasteiger partial charge is 0.415 e. The molecule has 1 aliphatic carbocycles. The highest BCUT2D eigenvalue weighted by molar-refractivity contribution is 6.74. The van der Waals surface area contributed by atoms with E-state index < -0.39 is 8.32 Å². The lowest BCUT2D eigenvalue weighted by atomic mass is 9.96. The Morgan fingerprint density at radius 2 is 1.70 bits per heavy atom. The molecule has 0 spiro atoms. The van der Waals surface area contributed by atoms with E-state index in [0.717, 1.165) is 18.4 Å². The van der Waals surface area contributed by atoms with Crippen LogP contribution < -0.4 is 16.6 Å². The Labute approximate surface area is 220 Å². The molecule has 3 aromatic rings. The number of hydrogen-bond donors (Lipinski definition) is 1. The number of nitrogens with zero attached hydrogens (tertiary/aromatic N) is 4. The molecule has 0 radical (unpaired) electrons. The standard InChI is InChI=1S/C28H43N5O3Si/c1-7-31-25(34)23-24(32(27(31)35)18-19-36-37(5,6)28(2,3)4)30-26(29-22-16-12-9-13-17-22)33(23)20-21-14-10-8-11-15-21/h8,10-11,14-15,22H,7,9,12-13,16-20H2,1-6H3,(H,29,30). The zero-order chi connectivity index (χ0) is 26.8. The second-order valence-electron chi connectivity index (χ2n) is 11.8. The fraction of sp³-hybridized carbons (Fsp3) is 0.607. The van der Waals surface area contributed by atoms with Gasteiger partial charge >= 0.3 is 5.69 Å². The summed E-state index contributed by atoms with van der Waals surface area (Å²) < 4.78 is 11.3. The number of anilines is 1. The molecule has 202 valence electrons. The van der Waals surface area contributed by atoms with Crippen molar-refractivity contribution in [1.29, 1.82) is 0 Å². The first-order valence-electron chi connectivity index (χ1n) is 13.7. The van der Waals surface area contributed by atoms with E-state index in [9.17, 15) is 9.59 Å². The molecule has 0 aliphatic heterocycles. The molecule has 1 aromatic carbocycles. The van der Waals surface area contributed by atoms with Crippen LogP contribution in [0.25, 0.3) is 11.2 Å². The lowest BCUT2D eigenvalue weighted by molar-refractivity contribution is 0.270. The van der Waals surface area contributed by atoms with Crippen LogP contribution in [0.5, 0.6) is 0 Å². The van der Waals surface area contributed by atoms with Gasteiger partial charge in [0.1, 0.15) is 0 Å². The first-order valence-corrected chi connectivity index (χ1v) is 16.6. The molecule has 0 amide bonds. The van der Waals surface area contributed by atoms with Crippen molar-refractivity contribution in [1.82, 2.24) is 18.7 Å². The van der Waals surface area contributed by atoms with E-state index in [-0.39, 0.29) is 16.3 Å². The van der Waals surface area contributed by atoms with E-state index in [1.807, 2.05) is 29.7 Å². The summed E-state index contributed by atoms with van der Waals surface area (Å²) in [6, 6.07) is 10.4. The molecule has 0 bridgehead atoms. The van der Waals surface area contributed by atoms with Gasteiger partial charge in [0.15, 0.2) is 19.5 Å². The van der Waals surface area contributed by atoms with Gasteiger partial charge in [-0.2, -0.15) is 4.98 Å². The van der Waals surface area contributed by atoms with Crippen LogP contribution in [0, 0.1) is 0 Å². The normalized spacial score (nSPS) is 15.4. The van der Waals surface area contributed by atoms with Crippen LogP contribution in [0.15, 0.2) is 39.9 Å². The summed E-state index contributed by atoms with van der Waals surface area (Å²) in [5.41, 5.74) is 1.37. The fourth-order valence-electron chi connectivity index (χ4n) is 4.84. The molecule has 1 aliphatic rings. The van der Waals surface area contributed by atoms with Crippen LogP contribution in [0.2, 0.25) is 18.1 Å². The van der Waals surface area contributed by atoms with E-state index >= 15 is 0 Å². The van der Waals surface area contributed by atoms with E-state index in [4.69, 9.17) is 9.41 Å². The average Bonchev–Trinajstić information content (AvgIpc) is 3.19. The zero-order valence-corrected chi connectivity index (χ0v) is 24.3. The predicted molar refractivity (Wildman–Crippen MR) is 153 cm³/mol. The minimum absolute atomic E-state index is 0.0732. The molecule has 2 heterocycles. The topological polar surface area (TPSA) is 83.1 Å². The van der Waals surface area contributed by atoms with Crippen LogP contribution in [-0.4, -0.2) is 39.7 Å². The van der Waals surface area contributed by atoms with Crippen molar-refractivity contribution in [3.05, 3.63) is 56.7 Å². The maximum absolute atomic E-state index is 13.7. The van der Waals surface area contributed by atoms with Crippen molar-refractivity contribution in [3.63, 3.8) is 0 Å². The Morgan fingerprint density at radius 3 is 2.32 bits per heavy atom. The van der Waals surface area contributed by atoms with Gasteiger partial charge in [0, 0.05) is 12.6 Å². The van der Waals surface area contributed by atoms with Gasteiger partial charge < -0.3 is 9.74 Å². The monoisotopic (exact) mass is 525 g/mol. The number of imidazole rings is 1. The van der Waals surface area contributed by atoms with Crippen LogP contribution in [0.1, 0.15) is 65.4 Å². The molecule has 37 heavy (non-hydrogen) atoms. The summed E-state index contributed by atoms with van der Waals surface area (Å²) in [4.78, 5) is 32.0. The molecular weight excluding hydrogens is 482 g/mol. The maximum Gasteiger partial charge on any atom is 0.332 e. The van der Waals surface area contributed by atoms with E-state index in [0.29, 0.717) is 49.4 Å². The summed E-state index contributed by atoms with van der Waals surface area (Å²) in [5.74, 6) is 0.662. The van der Waals surface area contributed by atoms with Crippen LogP contribution in [0.4, 0.5) is 5.95 Å². The third-order valence-corrected chi connectivity index (χ3v) is 12.7. The molecule has 4 rings (SSSR count). The average molecular weight is 526 g/mol. The van der Waals surface area contributed by atoms with Crippen LogP contribution in [0.3, 0.4) is 0 Å². The number of rotatable bonds is 9. The summed E-state index contributed by atoms with van der Waals surface area (Å²) in [6.45, 7) is 14.4. The van der Waals surface area contributed by atoms with Crippen molar-refractivity contribution < 1.29 is 4.43 Å². The minimum Gasteiger partial charge on any atom is -0.415 e.